The first kappa shape index (κ1) is 17.8. The molecular weight excluding hydrogens is 272 g/mol. The molecule has 0 aromatic heterocycles. The van der Waals surface area contributed by atoms with E-state index in [0.29, 0.717) is 13.0 Å². The quantitative estimate of drug-likeness (QED) is 0.748. The molecule has 0 radical (unpaired) electrons. The second kappa shape index (κ2) is 6.22. The third kappa shape index (κ3) is 6.33. The topological polar surface area (TPSA) is 81.9 Å². The molecule has 1 heterocycles. The van der Waals surface area contributed by atoms with E-state index in [1.165, 1.54) is 4.90 Å². The molecule has 0 aliphatic carbocycles. The molecule has 6 nitrogen and oxygen atoms in total. The van der Waals surface area contributed by atoms with Gasteiger partial charge in [-0.1, -0.05) is 0 Å². The molecule has 0 aromatic rings. The molecule has 2 atom stereocenters. The maximum atomic E-state index is 12.2. The van der Waals surface area contributed by atoms with E-state index >= 15 is 0 Å². The standard InChI is InChI=1S/C15H28N2O4/c1-14(2,3)20-12(18)10-7-11(16)9-17(8-10)13(19)21-15(4,5)6/h10-11H,7-9,16H2,1-6H3. The van der Waals surface area contributed by atoms with Crippen LogP contribution in [0.4, 0.5) is 4.79 Å². The molecule has 1 saturated heterocycles. The van der Waals surface area contributed by atoms with Crippen molar-refractivity contribution in [3.8, 4) is 0 Å². The summed E-state index contributed by atoms with van der Waals surface area (Å²) in [7, 11) is 0. The van der Waals surface area contributed by atoms with Crippen molar-refractivity contribution in [2.45, 2.75) is 65.2 Å². The summed E-state index contributed by atoms with van der Waals surface area (Å²) in [5, 5.41) is 0. The van der Waals surface area contributed by atoms with Crippen molar-refractivity contribution < 1.29 is 19.1 Å². The van der Waals surface area contributed by atoms with E-state index in [1.54, 1.807) is 20.8 Å². The molecule has 1 amide bonds. The van der Waals surface area contributed by atoms with Gasteiger partial charge in [-0.2, -0.15) is 0 Å². The predicted molar refractivity (Wildman–Crippen MR) is 79.7 cm³/mol. The summed E-state index contributed by atoms with van der Waals surface area (Å²) in [5.74, 6) is -0.716. The summed E-state index contributed by atoms with van der Waals surface area (Å²) in [6.45, 7) is 11.6. The van der Waals surface area contributed by atoms with Crippen molar-refractivity contribution in [2.75, 3.05) is 13.1 Å². The van der Waals surface area contributed by atoms with Crippen LogP contribution >= 0.6 is 0 Å². The number of likely N-dealkylation sites (tertiary alicyclic amines) is 1. The number of piperidine rings is 1. The van der Waals surface area contributed by atoms with Crippen molar-refractivity contribution in [1.29, 1.82) is 0 Å². The van der Waals surface area contributed by atoms with Crippen LogP contribution in [0.2, 0.25) is 0 Å². The maximum absolute atomic E-state index is 12.2. The Morgan fingerprint density at radius 3 is 2.00 bits per heavy atom. The Bertz CT molecular complexity index is 359. The minimum absolute atomic E-state index is 0.246. The number of rotatable bonds is 1. The zero-order valence-corrected chi connectivity index (χ0v) is 13.9. The van der Waals surface area contributed by atoms with Crippen LogP contribution in [0.1, 0.15) is 48.0 Å². The van der Waals surface area contributed by atoms with Crippen LogP contribution in [0, 0.1) is 5.92 Å². The number of amides is 1. The summed E-state index contributed by atoms with van der Waals surface area (Å²) >= 11 is 0. The van der Waals surface area contributed by atoms with Crippen molar-refractivity contribution in [3.63, 3.8) is 0 Å². The van der Waals surface area contributed by atoms with Gasteiger partial charge >= 0.3 is 12.1 Å². The molecule has 1 rings (SSSR count). The lowest BCUT2D eigenvalue weighted by Gasteiger charge is -2.36. The number of carbonyl (C=O) groups is 2. The smallest absolute Gasteiger partial charge is 0.410 e. The molecule has 1 aliphatic rings. The second-order valence-electron chi connectivity index (χ2n) is 7.61. The highest BCUT2D eigenvalue weighted by Gasteiger charge is 2.36. The van der Waals surface area contributed by atoms with E-state index < -0.39 is 23.2 Å². The van der Waals surface area contributed by atoms with Crippen LogP contribution < -0.4 is 5.73 Å². The first-order valence-electron chi connectivity index (χ1n) is 7.34. The van der Waals surface area contributed by atoms with Gasteiger partial charge in [-0.3, -0.25) is 4.79 Å². The Labute approximate surface area is 126 Å². The molecule has 0 saturated carbocycles. The average molecular weight is 300 g/mol. The Kier molecular flexibility index (Phi) is 5.25. The van der Waals surface area contributed by atoms with Gasteiger partial charge in [-0.25, -0.2) is 4.79 Å². The van der Waals surface area contributed by atoms with Crippen molar-refractivity contribution in [2.24, 2.45) is 11.7 Å². The first-order valence-corrected chi connectivity index (χ1v) is 7.34. The third-order valence-electron chi connectivity index (χ3n) is 2.87. The second-order valence-corrected chi connectivity index (χ2v) is 7.61. The third-order valence-corrected chi connectivity index (χ3v) is 2.87. The SMILES string of the molecule is CC(C)(C)OC(=O)C1CC(N)CN(C(=O)OC(C)(C)C)C1. The van der Waals surface area contributed by atoms with E-state index in [2.05, 4.69) is 0 Å². The number of hydrogen-bond acceptors (Lipinski definition) is 5. The van der Waals surface area contributed by atoms with Crippen LogP contribution in [0.25, 0.3) is 0 Å². The summed E-state index contributed by atoms with van der Waals surface area (Å²) in [5.41, 5.74) is 4.85. The highest BCUT2D eigenvalue weighted by Crippen LogP contribution is 2.22. The Hall–Kier alpha value is -1.30. The van der Waals surface area contributed by atoms with Crippen LogP contribution in [-0.2, 0) is 14.3 Å². The maximum Gasteiger partial charge on any atom is 0.410 e. The van der Waals surface area contributed by atoms with Crippen LogP contribution in [0.5, 0.6) is 0 Å². The minimum Gasteiger partial charge on any atom is -0.460 e. The number of nitrogens with two attached hydrogens (primary N) is 1. The molecule has 6 heteroatoms. The van der Waals surface area contributed by atoms with E-state index in [4.69, 9.17) is 15.2 Å². The minimum atomic E-state index is -0.569. The summed E-state index contributed by atoms with van der Waals surface area (Å²) in [6.07, 6.45) is 0.0833. The fourth-order valence-corrected chi connectivity index (χ4v) is 2.17. The number of esters is 1. The fraction of sp³-hybridized carbons (Fsp3) is 0.867. The van der Waals surface area contributed by atoms with Gasteiger partial charge in [0.25, 0.3) is 0 Å². The van der Waals surface area contributed by atoms with Crippen molar-refractivity contribution in [1.82, 2.24) is 4.90 Å². The molecule has 122 valence electrons. The summed E-state index contributed by atoms with van der Waals surface area (Å²) < 4.78 is 10.7. The highest BCUT2D eigenvalue weighted by atomic mass is 16.6. The summed E-state index contributed by atoms with van der Waals surface area (Å²) in [4.78, 5) is 25.8. The molecule has 0 aromatic carbocycles. The molecule has 2 unspecified atom stereocenters. The van der Waals surface area contributed by atoms with Gasteiger partial charge in [0.2, 0.25) is 0 Å². The van der Waals surface area contributed by atoms with E-state index in [1.807, 2.05) is 20.8 Å². The predicted octanol–water partition coefficient (Wildman–Crippen LogP) is 1.91. The Balaban J connectivity index is 2.70. The van der Waals surface area contributed by atoms with E-state index in [9.17, 15) is 9.59 Å². The van der Waals surface area contributed by atoms with Gasteiger partial charge in [0, 0.05) is 19.1 Å². The van der Waals surface area contributed by atoms with Crippen molar-refractivity contribution in [3.05, 3.63) is 0 Å². The number of hydrogen-bond donors (Lipinski definition) is 1. The number of ether oxygens (including phenoxy) is 2. The van der Waals surface area contributed by atoms with E-state index in [-0.39, 0.29) is 18.6 Å². The van der Waals surface area contributed by atoms with Crippen LogP contribution in [0.3, 0.4) is 0 Å². The molecule has 21 heavy (non-hydrogen) atoms. The van der Waals surface area contributed by atoms with Gasteiger partial charge in [0.05, 0.1) is 5.92 Å². The monoisotopic (exact) mass is 300 g/mol. The normalized spacial score (nSPS) is 23.7. The van der Waals surface area contributed by atoms with Gasteiger partial charge in [0.15, 0.2) is 0 Å². The molecule has 0 spiro atoms. The van der Waals surface area contributed by atoms with E-state index in [0.717, 1.165) is 0 Å². The highest BCUT2D eigenvalue weighted by molar-refractivity contribution is 5.75. The Morgan fingerprint density at radius 1 is 1.00 bits per heavy atom. The van der Waals surface area contributed by atoms with Crippen molar-refractivity contribution >= 4 is 12.1 Å². The molecule has 1 fully saturated rings. The van der Waals surface area contributed by atoms with Gasteiger partial charge in [-0.05, 0) is 48.0 Å². The fourth-order valence-electron chi connectivity index (χ4n) is 2.17. The molecule has 0 bridgehead atoms. The first-order chi connectivity index (χ1) is 9.37. The van der Waals surface area contributed by atoms with Gasteiger partial charge in [-0.15, -0.1) is 0 Å². The Morgan fingerprint density at radius 2 is 1.52 bits per heavy atom. The zero-order chi connectivity index (χ0) is 16.4. The zero-order valence-electron chi connectivity index (χ0n) is 13.9. The number of nitrogens with zero attached hydrogens (tertiary/aromatic N) is 1. The lowest BCUT2D eigenvalue weighted by molar-refractivity contribution is -0.161. The van der Waals surface area contributed by atoms with Crippen LogP contribution in [0.15, 0.2) is 0 Å². The average Bonchev–Trinajstić information content (AvgIpc) is 2.23. The largest absolute Gasteiger partial charge is 0.460 e. The molecule has 2 N–H and O–H groups in total. The summed E-state index contributed by atoms with van der Waals surface area (Å²) in [6, 6.07) is -0.246. The number of carbonyl (C=O) groups excluding carboxylic acids is 2. The molecule has 1 aliphatic heterocycles. The molecular formula is C15H28N2O4. The lowest BCUT2D eigenvalue weighted by Crippen LogP contribution is -2.53. The lowest BCUT2D eigenvalue weighted by atomic mass is 9.95. The van der Waals surface area contributed by atoms with Gasteiger partial charge in [0.1, 0.15) is 11.2 Å². The van der Waals surface area contributed by atoms with Gasteiger partial charge < -0.3 is 20.1 Å². The van der Waals surface area contributed by atoms with Crippen LogP contribution in [-0.4, -0.2) is 47.3 Å².